The molecule has 1 aromatic rings. The van der Waals surface area contributed by atoms with Crippen molar-refractivity contribution in [1.29, 1.82) is 0 Å². The van der Waals surface area contributed by atoms with Crippen molar-refractivity contribution in [2.24, 2.45) is 0 Å². The van der Waals surface area contributed by atoms with E-state index in [0.29, 0.717) is 12.2 Å². The summed E-state index contributed by atoms with van der Waals surface area (Å²) in [5, 5.41) is 0.284. The van der Waals surface area contributed by atoms with Gasteiger partial charge in [0.05, 0.1) is 0 Å². The molecule has 1 aromatic heterocycles. The van der Waals surface area contributed by atoms with Crippen LogP contribution in [0.15, 0.2) is 0 Å². The molecule has 3 nitrogen and oxygen atoms in total. The van der Waals surface area contributed by atoms with Crippen molar-refractivity contribution >= 4 is 28.3 Å². The third kappa shape index (κ3) is 5.08. The molecule has 0 amide bonds. The van der Waals surface area contributed by atoms with Crippen molar-refractivity contribution in [3.8, 4) is 0 Å². The van der Waals surface area contributed by atoms with Gasteiger partial charge < -0.3 is 4.90 Å². The highest BCUT2D eigenvalue weighted by Gasteiger charge is 2.31. The van der Waals surface area contributed by atoms with Gasteiger partial charge in [-0.3, -0.25) is 0 Å². The lowest BCUT2D eigenvalue weighted by atomic mass is 10.3. The Balaban J connectivity index is 2.74. The second kappa shape index (κ2) is 6.39. The molecule has 0 aliphatic carbocycles. The van der Waals surface area contributed by atoms with E-state index in [0.717, 1.165) is 22.9 Å². The molecule has 0 aromatic carbocycles. The minimum atomic E-state index is -4.26. The third-order valence-electron chi connectivity index (χ3n) is 1.93. The summed E-state index contributed by atoms with van der Waals surface area (Å²) in [7, 11) is 0. The van der Waals surface area contributed by atoms with Gasteiger partial charge in [-0.1, -0.05) is 6.92 Å². The van der Waals surface area contributed by atoms with Gasteiger partial charge in [-0.2, -0.15) is 17.5 Å². The van der Waals surface area contributed by atoms with E-state index in [4.69, 9.17) is 11.6 Å². The minimum absolute atomic E-state index is 0.113. The van der Waals surface area contributed by atoms with Crippen LogP contribution >= 0.6 is 23.1 Å². The maximum absolute atomic E-state index is 12.3. The highest BCUT2D eigenvalue weighted by atomic mass is 35.5. The van der Waals surface area contributed by atoms with Crippen LogP contribution < -0.4 is 4.90 Å². The Labute approximate surface area is 107 Å². The second-order valence-electron chi connectivity index (χ2n) is 3.47. The quantitative estimate of drug-likeness (QED) is 0.753. The predicted molar refractivity (Wildman–Crippen MR) is 62.9 cm³/mol. The van der Waals surface area contributed by atoms with E-state index in [1.165, 1.54) is 0 Å². The molecule has 0 aliphatic rings. The molecule has 1 heterocycles. The normalized spacial score (nSPS) is 11.8. The van der Waals surface area contributed by atoms with Crippen LogP contribution in [0.5, 0.6) is 0 Å². The molecule has 0 N–H and O–H groups in total. The first kappa shape index (κ1) is 14.5. The fraction of sp³-hybridized carbons (Fsp3) is 0.778. The predicted octanol–water partition coefficient (Wildman–Crippen LogP) is 3.10. The molecule has 0 bridgehead atoms. The van der Waals surface area contributed by atoms with E-state index in [1.54, 1.807) is 0 Å². The lowest BCUT2D eigenvalue weighted by molar-refractivity contribution is -0.119. The van der Waals surface area contributed by atoms with Gasteiger partial charge in [-0.25, -0.2) is 4.98 Å². The van der Waals surface area contributed by atoms with Gasteiger partial charge in [0.1, 0.15) is 12.4 Å². The molecule has 0 radical (unpaired) electrons. The van der Waals surface area contributed by atoms with Crippen LogP contribution in [0.3, 0.4) is 0 Å². The Bertz CT molecular complexity index is 342. The van der Waals surface area contributed by atoms with E-state index >= 15 is 0 Å². The van der Waals surface area contributed by atoms with Crippen molar-refractivity contribution in [3.63, 3.8) is 0 Å². The number of rotatable bonds is 6. The number of nitrogens with zero attached hydrogens (tertiary/aromatic N) is 3. The van der Waals surface area contributed by atoms with Gasteiger partial charge in [0.25, 0.3) is 0 Å². The number of hydrogen-bond donors (Lipinski definition) is 0. The number of halogens is 4. The summed E-state index contributed by atoms with van der Waals surface area (Å²) in [6, 6.07) is 0. The molecule has 0 aliphatic heterocycles. The monoisotopic (exact) mass is 287 g/mol. The van der Waals surface area contributed by atoms with Crippen molar-refractivity contribution in [1.82, 2.24) is 9.36 Å². The zero-order chi connectivity index (χ0) is 12.9. The molecule has 8 heteroatoms. The highest BCUT2D eigenvalue weighted by Crippen LogP contribution is 2.23. The lowest BCUT2D eigenvalue weighted by Gasteiger charge is -2.21. The van der Waals surface area contributed by atoms with Crippen molar-refractivity contribution in [2.75, 3.05) is 23.9 Å². The Morgan fingerprint density at radius 1 is 1.41 bits per heavy atom. The molecule has 0 unspecified atom stereocenters. The van der Waals surface area contributed by atoms with Crippen LogP contribution in [-0.2, 0) is 6.42 Å². The fourth-order valence-corrected chi connectivity index (χ4v) is 2.20. The molecular weight excluding hydrogens is 275 g/mol. The SMILES string of the molecule is CCCc1nsc(N(CCCl)CC(F)(F)F)n1. The number of aromatic nitrogens is 2. The summed E-state index contributed by atoms with van der Waals surface area (Å²) in [6.07, 6.45) is -2.72. The summed E-state index contributed by atoms with van der Waals surface area (Å²) in [5.74, 6) is 0.716. The van der Waals surface area contributed by atoms with Crippen LogP contribution in [0.4, 0.5) is 18.3 Å². The molecule has 0 fully saturated rings. The van der Waals surface area contributed by atoms with E-state index in [2.05, 4.69) is 9.36 Å². The maximum atomic E-state index is 12.3. The average Bonchev–Trinajstić information content (AvgIpc) is 2.64. The smallest absolute Gasteiger partial charge is 0.337 e. The fourth-order valence-electron chi connectivity index (χ4n) is 1.26. The minimum Gasteiger partial charge on any atom is -0.337 e. The first-order chi connectivity index (χ1) is 7.96. The Morgan fingerprint density at radius 2 is 2.12 bits per heavy atom. The number of aryl methyl sites for hydroxylation is 1. The summed E-state index contributed by atoms with van der Waals surface area (Å²) in [6.45, 7) is 1.04. The first-order valence-corrected chi connectivity index (χ1v) is 6.47. The Hall–Kier alpha value is -0.560. The van der Waals surface area contributed by atoms with Crippen molar-refractivity contribution in [2.45, 2.75) is 25.9 Å². The van der Waals surface area contributed by atoms with Crippen LogP contribution in [-0.4, -0.2) is 34.5 Å². The Kier molecular flexibility index (Phi) is 5.45. The molecule has 0 saturated heterocycles. The van der Waals surface area contributed by atoms with Gasteiger partial charge in [-0.15, -0.1) is 11.6 Å². The van der Waals surface area contributed by atoms with Crippen molar-refractivity contribution in [3.05, 3.63) is 5.82 Å². The second-order valence-corrected chi connectivity index (χ2v) is 4.58. The van der Waals surface area contributed by atoms with Crippen LogP contribution in [0, 0.1) is 0 Å². The standard InChI is InChI=1S/C9H13ClF3N3S/c1-2-3-7-14-8(17-15-7)16(5-4-10)6-9(11,12)13/h2-6H2,1H3. The molecule has 0 atom stereocenters. The number of hydrogen-bond acceptors (Lipinski definition) is 4. The van der Waals surface area contributed by atoms with Gasteiger partial charge in [0, 0.05) is 30.4 Å². The maximum Gasteiger partial charge on any atom is 0.406 e. The van der Waals surface area contributed by atoms with E-state index < -0.39 is 12.7 Å². The molecule has 0 saturated carbocycles. The molecule has 98 valence electrons. The summed E-state index contributed by atoms with van der Waals surface area (Å²) in [4.78, 5) is 5.19. The molecule has 1 rings (SSSR count). The van der Waals surface area contributed by atoms with E-state index in [9.17, 15) is 13.2 Å². The van der Waals surface area contributed by atoms with Gasteiger partial charge in [0.15, 0.2) is 0 Å². The summed E-state index contributed by atoms with van der Waals surface area (Å²) >= 11 is 6.47. The largest absolute Gasteiger partial charge is 0.406 e. The Morgan fingerprint density at radius 3 is 2.65 bits per heavy atom. The average molecular weight is 288 g/mol. The van der Waals surface area contributed by atoms with Crippen LogP contribution in [0.25, 0.3) is 0 Å². The topological polar surface area (TPSA) is 29.0 Å². The molecule has 0 spiro atoms. The van der Waals surface area contributed by atoms with Gasteiger partial charge >= 0.3 is 6.18 Å². The zero-order valence-electron chi connectivity index (χ0n) is 9.30. The van der Waals surface area contributed by atoms with Crippen LogP contribution in [0.1, 0.15) is 19.2 Å². The third-order valence-corrected chi connectivity index (χ3v) is 2.91. The van der Waals surface area contributed by atoms with Gasteiger partial charge in [0.2, 0.25) is 5.13 Å². The number of anilines is 1. The highest BCUT2D eigenvalue weighted by molar-refractivity contribution is 7.09. The zero-order valence-corrected chi connectivity index (χ0v) is 10.9. The molecular formula is C9H13ClF3N3S. The molecule has 17 heavy (non-hydrogen) atoms. The van der Waals surface area contributed by atoms with E-state index in [1.807, 2.05) is 6.92 Å². The lowest BCUT2D eigenvalue weighted by Crippen LogP contribution is -2.35. The van der Waals surface area contributed by atoms with Crippen molar-refractivity contribution < 1.29 is 13.2 Å². The first-order valence-electron chi connectivity index (χ1n) is 5.16. The number of alkyl halides is 4. The van der Waals surface area contributed by atoms with Crippen LogP contribution in [0.2, 0.25) is 0 Å². The van der Waals surface area contributed by atoms with Gasteiger partial charge in [-0.05, 0) is 6.42 Å². The summed E-state index contributed by atoms with van der Waals surface area (Å²) < 4.78 is 41.0. The summed E-state index contributed by atoms with van der Waals surface area (Å²) in [5.41, 5.74) is 0. The van der Waals surface area contributed by atoms with E-state index in [-0.39, 0.29) is 17.6 Å².